The standard InChI is InChI=1S/C14H21NO3/c1-15-7-11(9-16)12(8-15)10-4-5-13(17-2)14(6-10)18-3/h4-6,11-12,16H,7-9H2,1-3H3/t11-,12+/m1/s1. The van der Waals surface area contributed by atoms with Crippen LogP contribution < -0.4 is 9.47 Å². The molecule has 18 heavy (non-hydrogen) atoms. The number of aliphatic hydroxyl groups is 1. The number of likely N-dealkylation sites (tertiary alicyclic amines) is 1. The van der Waals surface area contributed by atoms with Crippen LogP contribution in [0.3, 0.4) is 0 Å². The number of nitrogens with zero attached hydrogens (tertiary/aromatic N) is 1. The van der Waals surface area contributed by atoms with E-state index in [9.17, 15) is 5.11 Å². The summed E-state index contributed by atoms with van der Waals surface area (Å²) in [5.41, 5.74) is 1.20. The largest absolute Gasteiger partial charge is 0.493 e. The van der Waals surface area contributed by atoms with Crippen molar-refractivity contribution in [3.05, 3.63) is 23.8 Å². The Morgan fingerprint density at radius 3 is 2.56 bits per heavy atom. The zero-order valence-electron chi connectivity index (χ0n) is 11.2. The molecule has 0 aromatic heterocycles. The third-order valence-corrected chi connectivity index (χ3v) is 3.69. The molecule has 0 aliphatic carbocycles. The van der Waals surface area contributed by atoms with Crippen LogP contribution in [0.2, 0.25) is 0 Å². The number of methoxy groups -OCH3 is 2. The van der Waals surface area contributed by atoms with Crippen LogP contribution in [-0.2, 0) is 0 Å². The van der Waals surface area contributed by atoms with Crippen molar-refractivity contribution in [1.29, 1.82) is 0 Å². The number of hydrogen-bond acceptors (Lipinski definition) is 4. The quantitative estimate of drug-likeness (QED) is 0.877. The second-order valence-corrected chi connectivity index (χ2v) is 4.88. The van der Waals surface area contributed by atoms with Crippen molar-refractivity contribution in [1.82, 2.24) is 4.90 Å². The van der Waals surface area contributed by atoms with E-state index in [4.69, 9.17) is 9.47 Å². The van der Waals surface area contributed by atoms with Crippen LogP contribution in [0.4, 0.5) is 0 Å². The zero-order valence-corrected chi connectivity index (χ0v) is 11.2. The summed E-state index contributed by atoms with van der Waals surface area (Å²) in [5.74, 6) is 2.15. The summed E-state index contributed by atoms with van der Waals surface area (Å²) in [4.78, 5) is 2.25. The molecule has 0 amide bonds. The first-order valence-electron chi connectivity index (χ1n) is 6.21. The molecule has 1 N–H and O–H groups in total. The second-order valence-electron chi connectivity index (χ2n) is 4.88. The Balaban J connectivity index is 2.27. The van der Waals surface area contributed by atoms with Crippen LogP contribution >= 0.6 is 0 Å². The van der Waals surface area contributed by atoms with E-state index in [0.29, 0.717) is 11.8 Å². The predicted octanol–water partition coefficient (Wildman–Crippen LogP) is 1.34. The first-order chi connectivity index (χ1) is 8.69. The van der Waals surface area contributed by atoms with Gasteiger partial charge in [-0.05, 0) is 24.7 Å². The molecular formula is C14H21NO3. The summed E-state index contributed by atoms with van der Waals surface area (Å²) < 4.78 is 10.6. The summed E-state index contributed by atoms with van der Waals surface area (Å²) in [6.45, 7) is 2.14. The van der Waals surface area contributed by atoms with Gasteiger partial charge in [0.05, 0.1) is 14.2 Å². The van der Waals surface area contributed by atoms with Crippen molar-refractivity contribution in [2.45, 2.75) is 5.92 Å². The Kier molecular flexibility index (Phi) is 4.09. The van der Waals surface area contributed by atoms with Crippen molar-refractivity contribution in [3.63, 3.8) is 0 Å². The average molecular weight is 251 g/mol. The summed E-state index contributed by atoms with van der Waals surface area (Å²) in [7, 11) is 5.37. The van der Waals surface area contributed by atoms with Crippen LogP contribution in [-0.4, -0.2) is 51.0 Å². The van der Waals surface area contributed by atoms with Crippen molar-refractivity contribution < 1.29 is 14.6 Å². The molecule has 0 bridgehead atoms. The molecular weight excluding hydrogens is 230 g/mol. The third kappa shape index (κ3) is 2.44. The SMILES string of the molecule is COc1ccc([C@@H]2CN(C)C[C@@H]2CO)cc1OC. The Bertz CT molecular complexity index is 408. The molecule has 1 aromatic rings. The normalized spacial score (nSPS) is 24.2. The van der Waals surface area contributed by atoms with E-state index in [-0.39, 0.29) is 6.61 Å². The number of aliphatic hydroxyl groups excluding tert-OH is 1. The van der Waals surface area contributed by atoms with Gasteiger partial charge in [0.2, 0.25) is 0 Å². The van der Waals surface area contributed by atoms with Gasteiger partial charge >= 0.3 is 0 Å². The molecule has 4 nitrogen and oxygen atoms in total. The Hall–Kier alpha value is -1.26. The van der Waals surface area contributed by atoms with Gasteiger partial charge in [0.1, 0.15) is 0 Å². The van der Waals surface area contributed by atoms with Crippen molar-refractivity contribution in [3.8, 4) is 11.5 Å². The fraction of sp³-hybridized carbons (Fsp3) is 0.571. The van der Waals surface area contributed by atoms with Crippen LogP contribution in [0.25, 0.3) is 0 Å². The molecule has 100 valence electrons. The minimum Gasteiger partial charge on any atom is -0.493 e. The van der Waals surface area contributed by atoms with Gasteiger partial charge in [0.15, 0.2) is 11.5 Å². The maximum Gasteiger partial charge on any atom is 0.160 e. The molecule has 2 rings (SSSR count). The first-order valence-corrected chi connectivity index (χ1v) is 6.21. The van der Waals surface area contributed by atoms with Gasteiger partial charge in [-0.1, -0.05) is 6.07 Å². The highest BCUT2D eigenvalue weighted by Crippen LogP contribution is 2.36. The molecule has 0 saturated carbocycles. The molecule has 1 heterocycles. The van der Waals surface area contributed by atoms with Crippen LogP contribution in [0, 0.1) is 5.92 Å². The molecule has 0 radical (unpaired) electrons. The topological polar surface area (TPSA) is 41.9 Å². The van der Waals surface area contributed by atoms with E-state index < -0.39 is 0 Å². The monoisotopic (exact) mass is 251 g/mol. The fourth-order valence-electron chi connectivity index (χ4n) is 2.73. The number of benzene rings is 1. The zero-order chi connectivity index (χ0) is 13.1. The second kappa shape index (κ2) is 5.59. The van der Waals surface area contributed by atoms with E-state index in [1.54, 1.807) is 14.2 Å². The van der Waals surface area contributed by atoms with Gasteiger partial charge in [-0.15, -0.1) is 0 Å². The van der Waals surface area contributed by atoms with Crippen LogP contribution in [0.5, 0.6) is 11.5 Å². The third-order valence-electron chi connectivity index (χ3n) is 3.69. The number of ether oxygens (including phenoxy) is 2. The van der Waals surface area contributed by atoms with Gasteiger partial charge in [0.25, 0.3) is 0 Å². The lowest BCUT2D eigenvalue weighted by atomic mass is 9.89. The highest BCUT2D eigenvalue weighted by molar-refractivity contribution is 5.44. The maximum atomic E-state index is 9.46. The van der Waals surface area contributed by atoms with E-state index >= 15 is 0 Å². The lowest BCUT2D eigenvalue weighted by molar-refractivity contribution is 0.219. The van der Waals surface area contributed by atoms with Crippen molar-refractivity contribution >= 4 is 0 Å². The molecule has 1 saturated heterocycles. The van der Waals surface area contributed by atoms with Gasteiger partial charge in [0, 0.05) is 31.5 Å². The first kappa shape index (κ1) is 13.2. The highest BCUT2D eigenvalue weighted by atomic mass is 16.5. The molecule has 4 heteroatoms. The van der Waals surface area contributed by atoms with Gasteiger partial charge in [-0.3, -0.25) is 0 Å². The van der Waals surface area contributed by atoms with Gasteiger partial charge in [-0.25, -0.2) is 0 Å². The van der Waals surface area contributed by atoms with E-state index in [2.05, 4.69) is 18.0 Å². The minimum absolute atomic E-state index is 0.226. The Morgan fingerprint density at radius 2 is 1.94 bits per heavy atom. The Morgan fingerprint density at radius 1 is 1.22 bits per heavy atom. The molecule has 1 aromatic carbocycles. The smallest absolute Gasteiger partial charge is 0.160 e. The van der Waals surface area contributed by atoms with E-state index in [1.807, 2.05) is 12.1 Å². The molecule has 1 aliphatic heterocycles. The van der Waals surface area contributed by atoms with E-state index in [1.165, 1.54) is 5.56 Å². The van der Waals surface area contributed by atoms with Gasteiger partial charge < -0.3 is 19.5 Å². The number of likely N-dealkylation sites (N-methyl/N-ethyl adjacent to an activating group) is 1. The number of hydrogen-bond donors (Lipinski definition) is 1. The summed E-state index contributed by atoms with van der Waals surface area (Å²) in [6.07, 6.45) is 0. The van der Waals surface area contributed by atoms with Crippen LogP contribution in [0.1, 0.15) is 11.5 Å². The van der Waals surface area contributed by atoms with Crippen LogP contribution in [0.15, 0.2) is 18.2 Å². The summed E-state index contributed by atoms with van der Waals surface area (Å²) in [5, 5.41) is 9.46. The number of rotatable bonds is 4. The molecule has 1 aliphatic rings. The lowest BCUT2D eigenvalue weighted by Crippen LogP contribution is -2.15. The molecule has 0 unspecified atom stereocenters. The molecule has 0 spiro atoms. The maximum absolute atomic E-state index is 9.46. The Labute approximate surface area is 108 Å². The minimum atomic E-state index is 0.226. The highest BCUT2D eigenvalue weighted by Gasteiger charge is 2.31. The fourth-order valence-corrected chi connectivity index (χ4v) is 2.73. The van der Waals surface area contributed by atoms with Crippen molar-refractivity contribution in [2.75, 3.05) is 41.0 Å². The van der Waals surface area contributed by atoms with Crippen molar-refractivity contribution in [2.24, 2.45) is 5.92 Å². The van der Waals surface area contributed by atoms with Gasteiger partial charge in [-0.2, -0.15) is 0 Å². The average Bonchev–Trinajstić information content (AvgIpc) is 2.79. The molecule has 2 atom stereocenters. The summed E-state index contributed by atoms with van der Waals surface area (Å²) in [6, 6.07) is 6.01. The van der Waals surface area contributed by atoms with E-state index in [0.717, 1.165) is 24.6 Å². The lowest BCUT2D eigenvalue weighted by Gasteiger charge is -2.18. The molecule has 1 fully saturated rings. The summed E-state index contributed by atoms with van der Waals surface area (Å²) >= 11 is 0. The predicted molar refractivity (Wildman–Crippen MR) is 70.4 cm³/mol.